The monoisotopic (exact) mass is 354 g/mol. The summed E-state index contributed by atoms with van der Waals surface area (Å²) in [5.74, 6) is 0. The molecule has 0 bridgehead atoms. The molecule has 2 N–H and O–H groups in total. The van der Waals surface area contributed by atoms with Gasteiger partial charge in [-0.1, -0.05) is 16.8 Å². The largest absolute Gasteiger partial charge is 0.386 e. The van der Waals surface area contributed by atoms with Crippen molar-refractivity contribution in [2.75, 3.05) is 6.61 Å². The van der Waals surface area contributed by atoms with Crippen LogP contribution in [0.4, 0.5) is 0 Å². The smallest absolute Gasteiger partial charge is 0.106 e. The number of hydrogen-bond acceptors (Lipinski definition) is 6. The molecular weight excluding hydrogens is 336 g/mol. The molecule has 0 amide bonds. The van der Waals surface area contributed by atoms with Crippen molar-refractivity contribution in [2.45, 2.75) is 43.6 Å². The molecule has 0 aliphatic carbocycles. The molecule has 4 heterocycles. The summed E-state index contributed by atoms with van der Waals surface area (Å²) in [5.41, 5.74) is 1.41. The van der Waals surface area contributed by atoms with E-state index >= 15 is 0 Å². The van der Waals surface area contributed by atoms with Crippen molar-refractivity contribution in [1.82, 2.24) is 20.3 Å². The normalized spacial score (nSPS) is 33.8. The number of thiophene rings is 1. The lowest BCUT2D eigenvalue weighted by molar-refractivity contribution is -0.129. The number of hydrogen-bond donors (Lipinski definition) is 2. The zero-order valence-corrected chi connectivity index (χ0v) is 14.6. The minimum atomic E-state index is -0.598. The Morgan fingerprint density at radius 1 is 1.52 bits per heavy atom. The summed E-state index contributed by atoms with van der Waals surface area (Å²) in [5, 5.41) is 22.1. The Bertz CT molecular complexity index is 733. The summed E-state index contributed by atoms with van der Waals surface area (Å²) in [6.45, 7) is 2.45. The van der Waals surface area contributed by atoms with E-state index in [-0.39, 0.29) is 12.1 Å². The first-order chi connectivity index (χ1) is 11.0. The highest BCUT2D eigenvalue weighted by atomic mass is 35.5. The molecule has 2 aromatic heterocycles. The van der Waals surface area contributed by atoms with Crippen LogP contribution in [-0.4, -0.2) is 32.7 Å². The number of aromatic nitrogens is 3. The van der Waals surface area contributed by atoms with Crippen molar-refractivity contribution in [1.29, 1.82) is 0 Å². The number of fused-ring (bicyclic) bond motifs is 2. The second kappa shape index (κ2) is 5.53. The summed E-state index contributed by atoms with van der Waals surface area (Å²) >= 11 is 7.74. The van der Waals surface area contributed by atoms with Gasteiger partial charge in [0.1, 0.15) is 11.7 Å². The SMILES string of the molecule is C[C@H]1C[C@@]2(C[C@@H](c3cn(C)nn3)N1)OC[C@@H](O)c1cc(Cl)sc12. The molecule has 0 unspecified atom stereocenters. The van der Waals surface area contributed by atoms with E-state index in [1.165, 1.54) is 11.3 Å². The third-order valence-corrected chi connectivity index (χ3v) is 6.12. The first-order valence-corrected chi connectivity index (χ1v) is 8.90. The van der Waals surface area contributed by atoms with Crippen molar-refractivity contribution in [3.63, 3.8) is 0 Å². The summed E-state index contributed by atoms with van der Waals surface area (Å²) in [6, 6.07) is 2.21. The van der Waals surface area contributed by atoms with E-state index in [2.05, 4.69) is 22.6 Å². The van der Waals surface area contributed by atoms with Crippen molar-refractivity contribution < 1.29 is 9.84 Å². The molecule has 8 heteroatoms. The second-order valence-electron chi connectivity index (χ2n) is 6.50. The average molecular weight is 355 g/mol. The van der Waals surface area contributed by atoms with Crippen LogP contribution in [0.3, 0.4) is 0 Å². The third kappa shape index (κ3) is 2.60. The van der Waals surface area contributed by atoms with Crippen LogP contribution in [0, 0.1) is 0 Å². The standard InChI is InChI=1S/C15H19ClN4O2S/c1-8-4-15(5-10(17-8)11-6-20(2)19-18-11)14-9(3-13(16)23-14)12(21)7-22-15/h3,6,8,10,12,17,21H,4-5,7H2,1-2H3/t8-,10-,12+,15-/m0/s1. The van der Waals surface area contributed by atoms with E-state index in [9.17, 15) is 5.11 Å². The third-order valence-electron chi connectivity index (χ3n) is 4.65. The number of nitrogens with zero attached hydrogens (tertiary/aromatic N) is 3. The maximum atomic E-state index is 10.2. The molecule has 124 valence electrons. The highest BCUT2D eigenvalue weighted by Crippen LogP contribution is 2.51. The molecule has 0 radical (unpaired) electrons. The van der Waals surface area contributed by atoms with Crippen LogP contribution in [-0.2, 0) is 17.4 Å². The van der Waals surface area contributed by atoms with Crippen molar-refractivity contribution in [3.05, 3.63) is 32.7 Å². The van der Waals surface area contributed by atoms with Crippen LogP contribution in [0.2, 0.25) is 4.34 Å². The van der Waals surface area contributed by atoms with E-state index in [0.717, 1.165) is 29.0 Å². The first-order valence-electron chi connectivity index (χ1n) is 7.71. The van der Waals surface area contributed by atoms with Crippen LogP contribution in [0.5, 0.6) is 0 Å². The van der Waals surface area contributed by atoms with Gasteiger partial charge in [0.05, 0.1) is 22.7 Å². The fourth-order valence-electron chi connectivity index (χ4n) is 3.76. The summed E-state index contributed by atoms with van der Waals surface area (Å²) < 4.78 is 8.60. The summed E-state index contributed by atoms with van der Waals surface area (Å²) in [7, 11) is 1.86. The van der Waals surface area contributed by atoms with E-state index in [1.807, 2.05) is 19.3 Å². The van der Waals surface area contributed by atoms with E-state index in [0.29, 0.717) is 10.9 Å². The molecule has 6 nitrogen and oxygen atoms in total. The lowest BCUT2D eigenvalue weighted by Crippen LogP contribution is -2.50. The van der Waals surface area contributed by atoms with E-state index in [1.54, 1.807) is 4.68 Å². The van der Waals surface area contributed by atoms with Crippen LogP contribution in [0.15, 0.2) is 12.3 Å². The number of rotatable bonds is 1. The minimum absolute atomic E-state index is 0.0661. The Hall–Kier alpha value is -0.990. The van der Waals surface area contributed by atoms with Gasteiger partial charge in [-0.15, -0.1) is 16.4 Å². The fraction of sp³-hybridized carbons (Fsp3) is 0.600. The predicted molar refractivity (Wildman–Crippen MR) is 87.5 cm³/mol. The molecule has 4 atom stereocenters. The van der Waals surface area contributed by atoms with E-state index < -0.39 is 11.7 Å². The topological polar surface area (TPSA) is 72.2 Å². The number of aliphatic hydroxyl groups excluding tert-OH is 1. The van der Waals surface area contributed by atoms with Gasteiger partial charge in [-0.05, 0) is 19.4 Å². The summed E-state index contributed by atoms with van der Waals surface area (Å²) in [6.07, 6.45) is 2.94. The zero-order chi connectivity index (χ0) is 16.2. The first kappa shape index (κ1) is 15.5. The highest BCUT2D eigenvalue weighted by Gasteiger charge is 2.48. The quantitative estimate of drug-likeness (QED) is 0.822. The van der Waals surface area contributed by atoms with Crippen LogP contribution < -0.4 is 5.32 Å². The van der Waals surface area contributed by atoms with Crippen LogP contribution in [0.25, 0.3) is 0 Å². The molecule has 0 aromatic carbocycles. The van der Waals surface area contributed by atoms with Gasteiger partial charge < -0.3 is 15.2 Å². The molecule has 1 saturated heterocycles. The molecule has 23 heavy (non-hydrogen) atoms. The van der Waals surface area contributed by atoms with Gasteiger partial charge in [0.2, 0.25) is 0 Å². The van der Waals surface area contributed by atoms with Crippen molar-refractivity contribution >= 4 is 22.9 Å². The van der Waals surface area contributed by atoms with Crippen molar-refractivity contribution in [3.8, 4) is 0 Å². The second-order valence-corrected chi connectivity index (χ2v) is 8.19. The maximum absolute atomic E-state index is 10.2. The van der Waals surface area contributed by atoms with Gasteiger partial charge in [0.15, 0.2) is 0 Å². The number of piperidine rings is 1. The lowest BCUT2D eigenvalue weighted by atomic mass is 9.79. The van der Waals surface area contributed by atoms with E-state index in [4.69, 9.17) is 16.3 Å². The number of aliphatic hydroxyl groups is 1. The molecule has 4 rings (SSSR count). The van der Waals surface area contributed by atoms with Gasteiger partial charge in [-0.2, -0.15) is 0 Å². The van der Waals surface area contributed by atoms with Gasteiger partial charge in [0.25, 0.3) is 0 Å². The van der Waals surface area contributed by atoms with Gasteiger partial charge in [-0.3, -0.25) is 4.68 Å². The summed E-state index contributed by atoms with van der Waals surface area (Å²) in [4.78, 5) is 1.06. The molecule has 0 saturated carbocycles. The Balaban J connectivity index is 1.74. The molecule has 2 aromatic rings. The minimum Gasteiger partial charge on any atom is -0.386 e. The average Bonchev–Trinajstić information content (AvgIpc) is 3.10. The van der Waals surface area contributed by atoms with Crippen LogP contribution in [0.1, 0.15) is 48.0 Å². The number of halogens is 1. The Kier molecular flexibility index (Phi) is 3.73. The van der Waals surface area contributed by atoms with Gasteiger partial charge in [-0.25, -0.2) is 0 Å². The Labute approximate surface area is 143 Å². The zero-order valence-electron chi connectivity index (χ0n) is 13.0. The van der Waals surface area contributed by atoms with Gasteiger partial charge >= 0.3 is 0 Å². The maximum Gasteiger partial charge on any atom is 0.106 e. The molecule has 1 spiro atoms. The molecule has 2 aliphatic heterocycles. The Morgan fingerprint density at radius 2 is 2.35 bits per heavy atom. The number of aryl methyl sites for hydroxylation is 1. The lowest BCUT2D eigenvalue weighted by Gasteiger charge is -2.46. The molecule has 1 fully saturated rings. The van der Waals surface area contributed by atoms with Crippen LogP contribution >= 0.6 is 22.9 Å². The van der Waals surface area contributed by atoms with Crippen molar-refractivity contribution in [2.24, 2.45) is 7.05 Å². The highest BCUT2D eigenvalue weighted by molar-refractivity contribution is 7.16. The molecular formula is C15H19ClN4O2S. The molecule has 2 aliphatic rings. The Morgan fingerprint density at radius 3 is 3.09 bits per heavy atom. The number of ether oxygens (including phenoxy) is 1. The number of nitrogens with one attached hydrogen (secondary N) is 1. The van der Waals surface area contributed by atoms with Gasteiger partial charge in [0, 0.05) is 36.1 Å². The fourth-order valence-corrected chi connectivity index (χ4v) is 5.21. The predicted octanol–water partition coefficient (Wildman–Crippen LogP) is 2.30.